The standard InChI is InChI=1S/C13H12BN5.C2H6/c14-12-17-13-16-10(8-11(15)19(13)18-12)7-6-9-4-2-1-3-5-9;1-2/h1-5,8H,6-7,15H2;1-2H3. The smallest absolute Gasteiger partial charge is 0.253 e. The van der Waals surface area contributed by atoms with Crippen LogP contribution < -0.4 is 11.5 Å². The number of rotatable bonds is 3. The van der Waals surface area contributed by atoms with Crippen molar-refractivity contribution in [2.75, 3.05) is 5.73 Å². The molecule has 106 valence electrons. The van der Waals surface area contributed by atoms with E-state index < -0.39 is 0 Å². The van der Waals surface area contributed by atoms with Gasteiger partial charge in [-0.15, -0.1) is 0 Å². The van der Waals surface area contributed by atoms with E-state index in [0.717, 1.165) is 18.5 Å². The zero-order valence-electron chi connectivity index (χ0n) is 12.3. The van der Waals surface area contributed by atoms with Crippen molar-refractivity contribution in [3.05, 3.63) is 47.7 Å². The van der Waals surface area contributed by atoms with Crippen LogP contribution in [0, 0.1) is 0 Å². The van der Waals surface area contributed by atoms with E-state index in [0.29, 0.717) is 11.6 Å². The van der Waals surface area contributed by atoms with Gasteiger partial charge in [0.1, 0.15) is 5.82 Å². The molecule has 1 aromatic carbocycles. The lowest BCUT2D eigenvalue weighted by Gasteiger charge is -2.03. The van der Waals surface area contributed by atoms with Gasteiger partial charge in [-0.2, -0.15) is 9.61 Å². The molecule has 0 bridgehead atoms. The largest absolute Gasteiger partial charge is 0.383 e. The number of nitrogens with zero attached hydrogens (tertiary/aromatic N) is 4. The van der Waals surface area contributed by atoms with E-state index in [9.17, 15) is 0 Å². The van der Waals surface area contributed by atoms with Crippen molar-refractivity contribution < 1.29 is 0 Å². The second-order valence-corrected chi connectivity index (χ2v) is 4.34. The van der Waals surface area contributed by atoms with E-state index in [1.54, 1.807) is 0 Å². The molecule has 0 amide bonds. The van der Waals surface area contributed by atoms with Crippen molar-refractivity contribution >= 4 is 25.2 Å². The van der Waals surface area contributed by atoms with Gasteiger partial charge in [0.05, 0.1) is 5.72 Å². The lowest BCUT2D eigenvalue weighted by atomic mass is 10.1. The molecular weight excluding hydrogens is 261 g/mol. The molecule has 0 fully saturated rings. The van der Waals surface area contributed by atoms with Gasteiger partial charge in [0.2, 0.25) is 0 Å². The van der Waals surface area contributed by atoms with Crippen molar-refractivity contribution in [2.45, 2.75) is 26.7 Å². The third kappa shape index (κ3) is 3.59. The highest BCUT2D eigenvalue weighted by molar-refractivity contribution is 6.29. The maximum absolute atomic E-state index is 5.90. The summed E-state index contributed by atoms with van der Waals surface area (Å²) in [6, 6.07) is 12.1. The monoisotopic (exact) mass is 279 g/mol. The summed E-state index contributed by atoms with van der Waals surface area (Å²) in [5, 5.41) is 3.97. The Kier molecular flexibility index (Phi) is 4.92. The quantitative estimate of drug-likeness (QED) is 0.734. The molecule has 2 heterocycles. The topological polar surface area (TPSA) is 69.1 Å². The lowest BCUT2D eigenvalue weighted by Crippen LogP contribution is -2.08. The first-order valence-electron chi connectivity index (χ1n) is 7.04. The summed E-state index contributed by atoms with van der Waals surface area (Å²) in [6.07, 6.45) is 1.71. The van der Waals surface area contributed by atoms with Crippen LogP contribution in [0.5, 0.6) is 0 Å². The Morgan fingerprint density at radius 1 is 1.10 bits per heavy atom. The normalized spacial score (nSPS) is 10.2. The van der Waals surface area contributed by atoms with E-state index in [1.807, 2.05) is 38.1 Å². The highest BCUT2D eigenvalue weighted by Crippen LogP contribution is 2.09. The fourth-order valence-corrected chi connectivity index (χ4v) is 2.00. The molecule has 0 atom stereocenters. The zero-order chi connectivity index (χ0) is 15.2. The van der Waals surface area contributed by atoms with Gasteiger partial charge in [0.15, 0.2) is 7.85 Å². The first-order valence-corrected chi connectivity index (χ1v) is 7.04. The Balaban J connectivity index is 0.000000774. The second-order valence-electron chi connectivity index (χ2n) is 4.34. The molecule has 3 aromatic rings. The molecule has 0 aliphatic rings. The number of benzene rings is 1. The van der Waals surface area contributed by atoms with Crippen LogP contribution in [0.4, 0.5) is 5.82 Å². The fourth-order valence-electron chi connectivity index (χ4n) is 2.00. The predicted octanol–water partition coefficient (Wildman–Crippen LogP) is 1.31. The number of aromatic nitrogens is 4. The first-order chi connectivity index (χ1) is 10.2. The summed E-state index contributed by atoms with van der Waals surface area (Å²) in [5.41, 5.74) is 8.24. The Bertz CT molecular complexity index is 709. The molecule has 2 N–H and O–H groups in total. The Labute approximate surface area is 125 Å². The first kappa shape index (κ1) is 15.0. The summed E-state index contributed by atoms with van der Waals surface area (Å²) < 4.78 is 1.45. The highest BCUT2D eigenvalue weighted by atomic mass is 15.3. The average molecular weight is 279 g/mol. The molecule has 6 heteroatoms. The maximum Gasteiger partial charge on any atom is 0.253 e. The van der Waals surface area contributed by atoms with E-state index in [-0.39, 0.29) is 5.72 Å². The molecule has 0 spiro atoms. The van der Waals surface area contributed by atoms with Gasteiger partial charge in [0, 0.05) is 11.8 Å². The van der Waals surface area contributed by atoms with Crippen molar-refractivity contribution in [1.29, 1.82) is 0 Å². The molecule has 0 saturated heterocycles. The van der Waals surface area contributed by atoms with Crippen molar-refractivity contribution in [2.24, 2.45) is 0 Å². The summed E-state index contributed by atoms with van der Waals surface area (Å²) in [4.78, 5) is 8.43. The number of nitrogens with two attached hydrogens (primary N) is 1. The SMILES string of the molecule is CC.[B]c1nc2nc(CCc3ccccc3)cc(N)n2n1. The molecule has 0 aliphatic heterocycles. The second kappa shape index (κ2) is 6.88. The van der Waals surface area contributed by atoms with Crippen molar-refractivity contribution in [3.8, 4) is 0 Å². The lowest BCUT2D eigenvalue weighted by molar-refractivity contribution is 0.883. The van der Waals surface area contributed by atoms with Gasteiger partial charge in [-0.1, -0.05) is 44.2 Å². The van der Waals surface area contributed by atoms with Gasteiger partial charge in [-0.25, -0.2) is 9.97 Å². The third-order valence-electron chi connectivity index (χ3n) is 2.92. The minimum Gasteiger partial charge on any atom is -0.383 e. The van der Waals surface area contributed by atoms with E-state index in [1.165, 1.54) is 10.1 Å². The van der Waals surface area contributed by atoms with E-state index in [2.05, 4.69) is 27.2 Å². The Morgan fingerprint density at radius 3 is 2.52 bits per heavy atom. The van der Waals surface area contributed by atoms with Crippen LogP contribution in [-0.2, 0) is 12.8 Å². The number of hydrogen-bond donors (Lipinski definition) is 1. The van der Waals surface area contributed by atoms with Crippen LogP contribution in [0.3, 0.4) is 0 Å². The molecule has 3 rings (SSSR count). The minimum absolute atomic E-state index is 0.180. The van der Waals surface area contributed by atoms with Crippen molar-refractivity contribution in [3.63, 3.8) is 0 Å². The van der Waals surface area contributed by atoms with Gasteiger partial charge >= 0.3 is 0 Å². The van der Waals surface area contributed by atoms with Gasteiger partial charge in [-0.05, 0) is 18.4 Å². The average Bonchev–Trinajstić information content (AvgIpc) is 2.89. The molecule has 5 nitrogen and oxygen atoms in total. The van der Waals surface area contributed by atoms with Gasteiger partial charge in [0.25, 0.3) is 5.78 Å². The number of hydrogen-bond acceptors (Lipinski definition) is 4. The Morgan fingerprint density at radius 2 is 1.81 bits per heavy atom. The van der Waals surface area contributed by atoms with Crippen LogP contribution in [0.25, 0.3) is 5.78 Å². The summed E-state index contributed by atoms with van der Waals surface area (Å²) in [7, 11) is 5.54. The van der Waals surface area contributed by atoms with Crippen LogP contribution in [0.15, 0.2) is 36.4 Å². The summed E-state index contributed by atoms with van der Waals surface area (Å²) >= 11 is 0. The van der Waals surface area contributed by atoms with E-state index >= 15 is 0 Å². The van der Waals surface area contributed by atoms with Crippen LogP contribution in [0.2, 0.25) is 0 Å². The van der Waals surface area contributed by atoms with Crippen LogP contribution in [0.1, 0.15) is 25.1 Å². The Hall–Kier alpha value is -2.37. The molecular formula is C15H18BN5. The maximum atomic E-state index is 5.90. The minimum atomic E-state index is 0.180. The molecule has 2 radical (unpaired) electrons. The zero-order valence-corrected chi connectivity index (χ0v) is 12.3. The molecule has 21 heavy (non-hydrogen) atoms. The fraction of sp³-hybridized carbons (Fsp3) is 0.267. The van der Waals surface area contributed by atoms with Gasteiger partial charge in [-0.3, -0.25) is 0 Å². The summed E-state index contributed by atoms with van der Waals surface area (Å²) in [6.45, 7) is 4.00. The van der Waals surface area contributed by atoms with Crippen LogP contribution in [-0.4, -0.2) is 27.4 Å². The van der Waals surface area contributed by atoms with Crippen molar-refractivity contribution in [1.82, 2.24) is 19.6 Å². The van der Waals surface area contributed by atoms with Gasteiger partial charge < -0.3 is 5.73 Å². The van der Waals surface area contributed by atoms with E-state index in [4.69, 9.17) is 13.6 Å². The highest BCUT2D eigenvalue weighted by Gasteiger charge is 2.06. The number of aryl methyl sites for hydroxylation is 2. The third-order valence-corrected chi connectivity index (χ3v) is 2.92. The molecule has 2 aromatic heterocycles. The predicted molar refractivity (Wildman–Crippen MR) is 85.8 cm³/mol. The number of fused-ring (bicyclic) bond motifs is 1. The summed E-state index contributed by atoms with van der Waals surface area (Å²) in [5.74, 6) is 0.942. The molecule has 0 unspecified atom stereocenters. The molecule has 0 aliphatic carbocycles. The number of anilines is 1. The van der Waals surface area contributed by atoms with Crippen LogP contribution >= 0.6 is 0 Å². The molecule has 0 saturated carbocycles. The number of nitrogen functional groups attached to an aromatic ring is 1.